The number of aromatic nitrogens is 1. The molecule has 1 amide bonds. The van der Waals surface area contributed by atoms with E-state index >= 15 is 0 Å². The number of benzene rings is 1. The summed E-state index contributed by atoms with van der Waals surface area (Å²) in [6, 6.07) is 4.18. The molecule has 2 N–H and O–H groups in total. The summed E-state index contributed by atoms with van der Waals surface area (Å²) >= 11 is 8.15. The second-order valence-electron chi connectivity index (χ2n) is 12.4. The zero-order valence-electron chi connectivity index (χ0n) is 24.4. The molecule has 1 aromatic heterocycles. The molecule has 1 atom stereocenters. The Morgan fingerprint density at radius 2 is 1.80 bits per heavy atom. The van der Waals surface area contributed by atoms with E-state index in [4.69, 9.17) is 25.8 Å². The highest BCUT2D eigenvalue weighted by Gasteiger charge is 2.50. The number of carbonyl (C=O) groups excluding carboxylic acids is 1. The predicted molar refractivity (Wildman–Crippen MR) is 160 cm³/mol. The van der Waals surface area contributed by atoms with Gasteiger partial charge in [0.25, 0.3) is 17.3 Å². The number of nitrogens with one attached hydrogen (secondary N) is 2. The van der Waals surface area contributed by atoms with Crippen molar-refractivity contribution in [2.24, 2.45) is 11.3 Å². The van der Waals surface area contributed by atoms with Gasteiger partial charge in [0.15, 0.2) is 11.5 Å². The summed E-state index contributed by atoms with van der Waals surface area (Å²) in [7, 11) is 0. The Balaban J connectivity index is 1.10. The first-order valence-corrected chi connectivity index (χ1v) is 16.3. The van der Waals surface area contributed by atoms with Gasteiger partial charge in [0.1, 0.15) is 0 Å². The lowest BCUT2D eigenvalue weighted by Crippen LogP contribution is -2.62. The number of hydrogen-bond donors (Lipinski definition) is 2. The van der Waals surface area contributed by atoms with Crippen molar-refractivity contribution in [1.29, 1.82) is 0 Å². The Morgan fingerprint density at radius 3 is 2.49 bits per heavy atom. The standard InChI is InChI=1S/C31H40ClN3O5S/c1-18-13-25(41-4)23(29(37)34-18)15-33-28(36)22-14-24(32)27-26(19(22)2)39-30(3,40-27)20-5-7-21(8-6-20)35-16-31(17-35)9-11-38-12-10-31/h13-14,20-21H,5-12,15-17H2,1-4H3,(H,33,36)(H,34,37). The van der Waals surface area contributed by atoms with Crippen LogP contribution in [0.3, 0.4) is 0 Å². The summed E-state index contributed by atoms with van der Waals surface area (Å²) in [5, 5.41) is 3.26. The molecule has 8 nitrogen and oxygen atoms in total. The Hall–Kier alpha value is -2.20. The minimum Gasteiger partial charge on any atom is -0.448 e. The third-order valence-corrected chi connectivity index (χ3v) is 10.8. The lowest BCUT2D eigenvalue weighted by molar-refractivity contribution is -0.137. The smallest absolute Gasteiger partial charge is 0.254 e. The van der Waals surface area contributed by atoms with Gasteiger partial charge in [-0.2, -0.15) is 0 Å². The van der Waals surface area contributed by atoms with Gasteiger partial charge in [-0.1, -0.05) is 11.6 Å². The van der Waals surface area contributed by atoms with Crippen molar-refractivity contribution in [2.75, 3.05) is 32.6 Å². The maximum atomic E-state index is 13.3. The molecule has 41 heavy (non-hydrogen) atoms. The van der Waals surface area contributed by atoms with Crippen LogP contribution >= 0.6 is 23.4 Å². The number of pyridine rings is 1. The van der Waals surface area contributed by atoms with Gasteiger partial charge in [-0.25, -0.2) is 0 Å². The van der Waals surface area contributed by atoms with E-state index in [1.165, 1.54) is 37.7 Å². The van der Waals surface area contributed by atoms with Gasteiger partial charge < -0.3 is 24.5 Å². The Bertz CT molecular complexity index is 1390. The average molecular weight is 602 g/mol. The molecule has 3 fully saturated rings. The number of thioether (sulfide) groups is 1. The Kier molecular flexibility index (Phi) is 7.85. The minimum atomic E-state index is -0.823. The summed E-state index contributed by atoms with van der Waals surface area (Å²) in [5.41, 5.74) is 2.71. The van der Waals surface area contributed by atoms with Crippen LogP contribution in [0.4, 0.5) is 0 Å². The van der Waals surface area contributed by atoms with Crippen LogP contribution in [0.1, 0.15) is 72.6 Å². The van der Waals surface area contributed by atoms with Crippen molar-refractivity contribution in [2.45, 2.75) is 82.6 Å². The predicted octanol–water partition coefficient (Wildman–Crippen LogP) is 5.46. The number of carbonyl (C=O) groups is 1. The summed E-state index contributed by atoms with van der Waals surface area (Å²) in [6.07, 6.45) is 8.61. The molecule has 1 aromatic carbocycles. The molecular weight excluding hydrogens is 562 g/mol. The second kappa shape index (κ2) is 11.1. The normalized spacial score (nSPS) is 27.0. The lowest BCUT2D eigenvalue weighted by Gasteiger charge is -2.56. The highest BCUT2D eigenvalue weighted by molar-refractivity contribution is 7.98. The Labute approximate surface area is 250 Å². The van der Waals surface area contributed by atoms with E-state index in [0.29, 0.717) is 44.7 Å². The number of H-pyrrole nitrogens is 1. The van der Waals surface area contributed by atoms with Gasteiger partial charge in [-0.3, -0.25) is 14.5 Å². The third-order valence-electron chi connectivity index (χ3n) is 9.75. The molecule has 4 heterocycles. The van der Waals surface area contributed by atoms with Gasteiger partial charge >= 0.3 is 0 Å². The van der Waals surface area contributed by atoms with E-state index in [1.807, 2.05) is 33.1 Å². The van der Waals surface area contributed by atoms with Crippen molar-refractivity contribution in [3.8, 4) is 11.5 Å². The number of nitrogens with zero attached hydrogens (tertiary/aromatic N) is 1. The van der Waals surface area contributed by atoms with Crippen molar-refractivity contribution < 1.29 is 19.0 Å². The topological polar surface area (TPSA) is 92.9 Å². The lowest BCUT2D eigenvalue weighted by atomic mass is 9.71. The number of ether oxygens (including phenoxy) is 3. The molecule has 10 heteroatoms. The molecule has 1 spiro atoms. The quantitative estimate of drug-likeness (QED) is 0.425. The molecule has 0 radical (unpaired) electrons. The molecule has 2 aromatic rings. The van der Waals surface area contributed by atoms with Crippen molar-refractivity contribution >= 4 is 29.3 Å². The molecule has 0 bridgehead atoms. The molecule has 4 aliphatic rings. The van der Waals surface area contributed by atoms with Crippen LogP contribution in [-0.2, 0) is 11.3 Å². The minimum absolute atomic E-state index is 0.114. The molecule has 1 aliphatic carbocycles. The van der Waals surface area contributed by atoms with E-state index in [2.05, 4.69) is 15.2 Å². The second-order valence-corrected chi connectivity index (χ2v) is 13.7. The van der Waals surface area contributed by atoms with Crippen LogP contribution < -0.4 is 20.3 Å². The zero-order valence-corrected chi connectivity index (χ0v) is 25.9. The first-order chi connectivity index (χ1) is 19.6. The van der Waals surface area contributed by atoms with Crippen LogP contribution in [0.2, 0.25) is 5.02 Å². The molecule has 3 aliphatic heterocycles. The first-order valence-electron chi connectivity index (χ1n) is 14.7. The van der Waals surface area contributed by atoms with Gasteiger partial charge in [0.2, 0.25) is 0 Å². The largest absolute Gasteiger partial charge is 0.448 e. The van der Waals surface area contributed by atoms with Crippen LogP contribution in [0.5, 0.6) is 11.5 Å². The highest BCUT2D eigenvalue weighted by atomic mass is 35.5. The summed E-state index contributed by atoms with van der Waals surface area (Å²) < 4.78 is 18.5. The number of likely N-dealkylation sites (tertiary alicyclic amines) is 1. The first kappa shape index (κ1) is 28.9. The average Bonchev–Trinajstić information content (AvgIpc) is 3.33. The van der Waals surface area contributed by atoms with Crippen LogP contribution in [0.15, 0.2) is 21.8 Å². The van der Waals surface area contributed by atoms with Crippen molar-refractivity contribution in [1.82, 2.24) is 15.2 Å². The molecule has 2 saturated heterocycles. The van der Waals surface area contributed by atoms with E-state index < -0.39 is 5.79 Å². The number of aromatic amines is 1. The number of halogens is 1. The monoisotopic (exact) mass is 601 g/mol. The fourth-order valence-corrected chi connectivity index (χ4v) is 8.15. The number of rotatable bonds is 6. The summed E-state index contributed by atoms with van der Waals surface area (Å²) in [4.78, 5) is 32.1. The SMILES string of the molecule is CSc1cc(C)[nH]c(=O)c1CNC(=O)c1cc(Cl)c2c(c1C)OC(C)(C1CCC(N3CC4(CCOCC4)C3)CC1)O2. The van der Waals surface area contributed by atoms with Gasteiger partial charge in [-0.05, 0) is 70.8 Å². The molecular formula is C31H40ClN3O5S. The van der Waals surface area contributed by atoms with Gasteiger partial charge in [0, 0.05) is 84.4 Å². The van der Waals surface area contributed by atoms with Crippen molar-refractivity contribution in [3.05, 3.63) is 49.9 Å². The van der Waals surface area contributed by atoms with Gasteiger partial charge in [0.05, 0.1) is 5.02 Å². The number of hydrogen-bond acceptors (Lipinski definition) is 7. The highest BCUT2D eigenvalue weighted by Crippen LogP contribution is 2.52. The van der Waals surface area contributed by atoms with Crippen LogP contribution in [0.25, 0.3) is 0 Å². The zero-order chi connectivity index (χ0) is 28.9. The third kappa shape index (κ3) is 5.39. The molecule has 1 saturated carbocycles. The fourth-order valence-electron chi connectivity index (χ4n) is 7.21. The van der Waals surface area contributed by atoms with Crippen molar-refractivity contribution in [3.63, 3.8) is 0 Å². The summed E-state index contributed by atoms with van der Waals surface area (Å²) in [6.45, 7) is 10.0. The number of amides is 1. The number of fused-ring (bicyclic) bond motifs is 1. The van der Waals surface area contributed by atoms with E-state index in [1.54, 1.807) is 6.07 Å². The van der Waals surface area contributed by atoms with E-state index in [9.17, 15) is 9.59 Å². The number of aryl methyl sites for hydroxylation is 1. The summed E-state index contributed by atoms with van der Waals surface area (Å²) in [5.74, 6) is 0.142. The van der Waals surface area contributed by atoms with Gasteiger partial charge in [-0.15, -0.1) is 11.8 Å². The molecule has 222 valence electrons. The van der Waals surface area contributed by atoms with E-state index in [-0.39, 0.29) is 23.9 Å². The van der Waals surface area contributed by atoms with Crippen LogP contribution in [0, 0.1) is 25.2 Å². The maximum Gasteiger partial charge on any atom is 0.254 e. The van der Waals surface area contributed by atoms with Crippen LogP contribution in [-0.4, -0.2) is 60.2 Å². The molecule has 1 unspecified atom stereocenters. The fraction of sp³-hybridized carbons (Fsp3) is 0.613. The van der Waals surface area contributed by atoms with E-state index in [0.717, 1.165) is 49.5 Å². The maximum absolute atomic E-state index is 13.3. The Morgan fingerprint density at radius 1 is 1.12 bits per heavy atom. The molecule has 6 rings (SSSR count).